The summed E-state index contributed by atoms with van der Waals surface area (Å²) in [5.41, 5.74) is 2.44. The second-order valence-electron chi connectivity index (χ2n) is 9.71. The van der Waals surface area contributed by atoms with Crippen LogP contribution in [0.5, 0.6) is 17.2 Å². The molecule has 11 heteroatoms. The number of hydrogen-bond donors (Lipinski definition) is 0. The number of thioether (sulfide) groups is 1. The molecule has 3 aromatic carbocycles. The first-order chi connectivity index (χ1) is 20.1. The number of non-ortho nitro benzene ring substituents is 1. The topological polar surface area (TPSA) is 125 Å². The molecule has 10 nitrogen and oxygen atoms in total. The van der Waals surface area contributed by atoms with E-state index in [2.05, 4.69) is 13.8 Å². The minimum atomic E-state index is -0.790. The van der Waals surface area contributed by atoms with Crippen LogP contribution in [-0.4, -0.2) is 46.7 Å². The molecule has 4 rings (SSSR count). The van der Waals surface area contributed by atoms with E-state index in [4.69, 9.17) is 14.2 Å². The lowest BCUT2D eigenvalue weighted by atomic mass is 10.0. The molecule has 1 aliphatic heterocycles. The predicted molar refractivity (Wildman–Crippen MR) is 159 cm³/mol. The number of carbonyl (C=O) groups is 3. The third-order valence-electron chi connectivity index (χ3n) is 6.30. The normalized spacial score (nSPS) is 14.0. The van der Waals surface area contributed by atoms with E-state index in [1.165, 1.54) is 24.3 Å². The Morgan fingerprint density at radius 3 is 2.52 bits per heavy atom. The van der Waals surface area contributed by atoms with Crippen LogP contribution in [0.15, 0.2) is 65.6 Å². The Morgan fingerprint density at radius 1 is 1.02 bits per heavy atom. The molecule has 0 saturated carbocycles. The molecule has 3 aromatic rings. The van der Waals surface area contributed by atoms with Crippen LogP contribution in [-0.2, 0) is 4.79 Å². The number of benzene rings is 3. The summed E-state index contributed by atoms with van der Waals surface area (Å²) < 4.78 is 17.1. The number of nitro groups is 1. The van der Waals surface area contributed by atoms with Gasteiger partial charge < -0.3 is 14.2 Å². The predicted octanol–water partition coefficient (Wildman–Crippen LogP) is 6.76. The summed E-state index contributed by atoms with van der Waals surface area (Å²) in [5, 5.41) is 10.7. The van der Waals surface area contributed by atoms with E-state index in [-0.39, 0.29) is 53.3 Å². The minimum Gasteiger partial charge on any atom is -0.491 e. The average Bonchev–Trinajstić information content (AvgIpc) is 3.21. The fraction of sp³-hybridized carbons (Fsp3) is 0.258. The Hall–Kier alpha value is -4.64. The number of esters is 1. The van der Waals surface area contributed by atoms with Crippen LogP contribution >= 0.6 is 11.8 Å². The lowest BCUT2D eigenvalue weighted by Gasteiger charge is -2.17. The molecule has 1 fully saturated rings. The van der Waals surface area contributed by atoms with Crippen molar-refractivity contribution in [1.82, 2.24) is 4.90 Å². The smallest absolute Gasteiger partial charge is 0.343 e. The number of carbonyl (C=O) groups excluding carboxylic acids is 3. The lowest BCUT2D eigenvalue weighted by molar-refractivity contribution is -0.384. The third kappa shape index (κ3) is 7.16. The number of imide groups is 1. The maximum atomic E-state index is 13.1. The summed E-state index contributed by atoms with van der Waals surface area (Å²) in [5.74, 6) is 0.117. The van der Waals surface area contributed by atoms with Gasteiger partial charge >= 0.3 is 5.97 Å². The van der Waals surface area contributed by atoms with Gasteiger partial charge in [-0.2, -0.15) is 0 Å². The van der Waals surface area contributed by atoms with E-state index >= 15 is 0 Å². The first-order valence-corrected chi connectivity index (χ1v) is 14.1. The van der Waals surface area contributed by atoms with Crippen molar-refractivity contribution in [2.75, 3.05) is 19.8 Å². The van der Waals surface area contributed by atoms with Gasteiger partial charge in [0.1, 0.15) is 12.4 Å². The molecule has 0 N–H and O–H groups in total. The van der Waals surface area contributed by atoms with Gasteiger partial charge in [-0.25, -0.2) is 4.79 Å². The molecule has 1 heterocycles. The van der Waals surface area contributed by atoms with Crippen LogP contribution in [0.4, 0.5) is 10.5 Å². The Morgan fingerprint density at radius 2 is 1.81 bits per heavy atom. The highest BCUT2D eigenvalue weighted by Crippen LogP contribution is 2.35. The van der Waals surface area contributed by atoms with Crippen molar-refractivity contribution >= 4 is 40.6 Å². The molecule has 1 saturated heterocycles. The first kappa shape index (κ1) is 30.3. The van der Waals surface area contributed by atoms with Crippen LogP contribution in [0.3, 0.4) is 0 Å². The third-order valence-corrected chi connectivity index (χ3v) is 7.21. The molecular weight excluding hydrogens is 560 g/mol. The molecule has 0 atom stereocenters. The van der Waals surface area contributed by atoms with Crippen molar-refractivity contribution in [3.63, 3.8) is 0 Å². The van der Waals surface area contributed by atoms with Crippen LogP contribution in [0.2, 0.25) is 0 Å². The summed E-state index contributed by atoms with van der Waals surface area (Å²) >= 11 is 0.830. The highest BCUT2D eigenvalue weighted by molar-refractivity contribution is 8.18. The molecule has 0 spiro atoms. The molecule has 0 radical (unpaired) electrons. The Kier molecular flexibility index (Phi) is 9.64. The monoisotopic (exact) mass is 590 g/mol. The highest BCUT2D eigenvalue weighted by atomic mass is 32.2. The van der Waals surface area contributed by atoms with Crippen molar-refractivity contribution in [3.05, 3.63) is 97.9 Å². The number of amides is 2. The number of nitro benzene ring substituents is 1. The SMILES string of the molecule is CCOc1cc(/C=C2\SC(=O)N(CCOc3cc(C)ccc3C(C)C)C2=O)ccc1OC(=O)c1cccc([N+](=O)[O-])c1. The van der Waals surface area contributed by atoms with Crippen molar-refractivity contribution in [2.24, 2.45) is 0 Å². The summed E-state index contributed by atoms with van der Waals surface area (Å²) in [4.78, 5) is 50.2. The van der Waals surface area contributed by atoms with Crippen molar-refractivity contribution in [2.45, 2.75) is 33.6 Å². The van der Waals surface area contributed by atoms with Crippen LogP contribution in [0.1, 0.15) is 53.7 Å². The molecule has 2 amide bonds. The van der Waals surface area contributed by atoms with Crippen molar-refractivity contribution in [3.8, 4) is 17.2 Å². The molecule has 42 heavy (non-hydrogen) atoms. The molecule has 1 aliphatic rings. The number of hydrogen-bond acceptors (Lipinski definition) is 9. The van der Waals surface area contributed by atoms with Crippen molar-refractivity contribution in [1.29, 1.82) is 0 Å². The highest BCUT2D eigenvalue weighted by Gasteiger charge is 2.35. The molecule has 0 aromatic heterocycles. The average molecular weight is 591 g/mol. The minimum absolute atomic E-state index is 0.0104. The van der Waals surface area contributed by atoms with Gasteiger partial charge in [-0.05, 0) is 78.6 Å². The van der Waals surface area contributed by atoms with Gasteiger partial charge in [0.2, 0.25) is 0 Å². The zero-order valence-corrected chi connectivity index (χ0v) is 24.4. The van der Waals surface area contributed by atoms with Gasteiger partial charge in [0.05, 0.1) is 28.5 Å². The van der Waals surface area contributed by atoms with Gasteiger partial charge in [0.15, 0.2) is 11.5 Å². The second kappa shape index (κ2) is 13.3. The van der Waals surface area contributed by atoms with E-state index in [0.717, 1.165) is 39.6 Å². The van der Waals surface area contributed by atoms with Gasteiger partial charge in [-0.15, -0.1) is 0 Å². The summed E-state index contributed by atoms with van der Waals surface area (Å²) in [6.45, 7) is 8.40. The zero-order valence-electron chi connectivity index (χ0n) is 23.6. The largest absolute Gasteiger partial charge is 0.491 e. The molecule has 218 valence electrons. The fourth-order valence-corrected chi connectivity index (χ4v) is 5.07. The van der Waals surface area contributed by atoms with Gasteiger partial charge in [-0.1, -0.05) is 38.1 Å². The van der Waals surface area contributed by atoms with Crippen LogP contribution < -0.4 is 14.2 Å². The van der Waals surface area contributed by atoms with E-state index in [0.29, 0.717) is 5.56 Å². The standard InChI is InChI=1S/C31H30N2O8S/c1-5-39-27-16-21(10-12-25(27)41-30(35)22-7-6-8-23(18-22)33(37)38)17-28-29(34)32(31(36)42-28)13-14-40-26-15-20(4)9-11-24(26)19(2)3/h6-12,15-19H,5,13-14H2,1-4H3/b28-17-. The molecular formula is C31H30N2O8S. The van der Waals surface area contributed by atoms with Gasteiger partial charge in [-0.3, -0.25) is 24.6 Å². The Labute approximate surface area is 247 Å². The summed E-state index contributed by atoms with van der Waals surface area (Å²) in [6, 6.07) is 15.9. The number of nitrogens with zero attached hydrogens (tertiary/aromatic N) is 2. The number of ether oxygens (including phenoxy) is 3. The number of aryl methyl sites for hydroxylation is 1. The van der Waals surface area contributed by atoms with E-state index in [9.17, 15) is 24.5 Å². The number of rotatable bonds is 11. The molecule has 0 bridgehead atoms. The molecule has 0 unspecified atom stereocenters. The second-order valence-corrected chi connectivity index (χ2v) is 10.7. The van der Waals surface area contributed by atoms with Crippen molar-refractivity contribution < 1.29 is 33.5 Å². The van der Waals surface area contributed by atoms with E-state index in [1.807, 2.05) is 25.1 Å². The van der Waals surface area contributed by atoms with Gasteiger partial charge in [0.25, 0.3) is 16.8 Å². The zero-order chi connectivity index (χ0) is 30.4. The van der Waals surface area contributed by atoms with E-state index in [1.54, 1.807) is 25.1 Å². The maximum Gasteiger partial charge on any atom is 0.343 e. The maximum absolute atomic E-state index is 13.1. The summed E-state index contributed by atoms with van der Waals surface area (Å²) in [6.07, 6.45) is 1.57. The van der Waals surface area contributed by atoms with Crippen LogP contribution in [0, 0.1) is 17.0 Å². The lowest BCUT2D eigenvalue weighted by Crippen LogP contribution is -2.32. The Bertz CT molecular complexity index is 1570. The summed E-state index contributed by atoms with van der Waals surface area (Å²) in [7, 11) is 0. The molecule has 0 aliphatic carbocycles. The quantitative estimate of drug-likeness (QED) is 0.0783. The first-order valence-electron chi connectivity index (χ1n) is 13.3. The Balaban J connectivity index is 1.46. The van der Waals surface area contributed by atoms with Gasteiger partial charge in [0, 0.05) is 12.1 Å². The fourth-order valence-electron chi connectivity index (χ4n) is 4.21. The van der Waals surface area contributed by atoms with Crippen LogP contribution in [0.25, 0.3) is 6.08 Å². The van der Waals surface area contributed by atoms with E-state index < -0.39 is 22.0 Å².